The van der Waals surface area contributed by atoms with E-state index in [2.05, 4.69) is 30.2 Å². The van der Waals surface area contributed by atoms with E-state index in [0.717, 1.165) is 18.0 Å². The van der Waals surface area contributed by atoms with Crippen LogP contribution in [0.5, 0.6) is 0 Å². The number of nitrogens with one attached hydrogen (secondary N) is 1. The van der Waals surface area contributed by atoms with Gasteiger partial charge in [-0.3, -0.25) is 4.98 Å². The van der Waals surface area contributed by atoms with Crippen LogP contribution in [0.25, 0.3) is 0 Å². The average Bonchev–Trinajstić information content (AvgIpc) is 3.17. The zero-order chi connectivity index (χ0) is 24.2. The van der Waals surface area contributed by atoms with Crippen molar-refractivity contribution in [2.45, 2.75) is 38.5 Å². The Morgan fingerprint density at radius 2 is 1.94 bits per heavy atom. The van der Waals surface area contributed by atoms with Crippen LogP contribution in [0.1, 0.15) is 37.1 Å². The molecule has 0 aromatic carbocycles. The maximum atomic E-state index is 14.5. The van der Waals surface area contributed by atoms with Crippen LogP contribution in [0.3, 0.4) is 0 Å². The number of methoxy groups -OCH3 is 1. The van der Waals surface area contributed by atoms with Gasteiger partial charge in [-0.25, -0.2) is 13.8 Å². The number of anilines is 2. The zero-order valence-corrected chi connectivity index (χ0v) is 19.6. The van der Waals surface area contributed by atoms with Gasteiger partial charge in [-0.15, -0.1) is 0 Å². The third kappa shape index (κ3) is 5.81. The third-order valence-corrected chi connectivity index (χ3v) is 5.27. The molecule has 0 aliphatic carbocycles. The van der Waals surface area contributed by atoms with E-state index in [9.17, 15) is 8.78 Å². The van der Waals surface area contributed by atoms with Crippen LogP contribution >= 0.6 is 0 Å². The largest absolute Gasteiger partial charge is 0.382 e. The molecule has 12 heteroatoms. The Kier molecular flexibility index (Phi) is 7.27. The summed E-state index contributed by atoms with van der Waals surface area (Å²) < 4.78 is 40.8. The SMILES string of the molecule is COC[C@H](Nc1nc(Cc2cn(C)cn2)nc(N2C[C@@H](C)O[C@@H](C)C2)n1)c1ncc(F)cc1F. The average molecular weight is 475 g/mol. The minimum absolute atomic E-state index is 0.00473. The van der Waals surface area contributed by atoms with Gasteiger partial charge in [-0.1, -0.05) is 0 Å². The van der Waals surface area contributed by atoms with Crippen molar-refractivity contribution in [1.29, 1.82) is 0 Å². The van der Waals surface area contributed by atoms with E-state index in [1.165, 1.54) is 7.11 Å². The van der Waals surface area contributed by atoms with E-state index >= 15 is 0 Å². The van der Waals surface area contributed by atoms with Gasteiger partial charge in [0.15, 0.2) is 0 Å². The first-order chi connectivity index (χ1) is 16.3. The van der Waals surface area contributed by atoms with Gasteiger partial charge in [0.05, 0.1) is 49.5 Å². The molecule has 1 fully saturated rings. The smallest absolute Gasteiger partial charge is 0.230 e. The first-order valence-corrected chi connectivity index (χ1v) is 11.0. The Morgan fingerprint density at radius 3 is 2.59 bits per heavy atom. The van der Waals surface area contributed by atoms with E-state index in [-0.39, 0.29) is 30.5 Å². The lowest BCUT2D eigenvalue weighted by molar-refractivity contribution is -0.00574. The van der Waals surface area contributed by atoms with Crippen LogP contribution in [0.2, 0.25) is 0 Å². The summed E-state index contributed by atoms with van der Waals surface area (Å²) in [6.07, 6.45) is 4.97. The normalized spacial score (nSPS) is 19.3. The van der Waals surface area contributed by atoms with Crippen LogP contribution in [0.15, 0.2) is 24.8 Å². The van der Waals surface area contributed by atoms with Crippen molar-refractivity contribution in [3.8, 4) is 0 Å². The number of halogens is 2. The van der Waals surface area contributed by atoms with Crippen molar-refractivity contribution in [2.75, 3.05) is 37.0 Å². The number of imidazole rings is 1. The maximum Gasteiger partial charge on any atom is 0.230 e. The minimum Gasteiger partial charge on any atom is -0.382 e. The van der Waals surface area contributed by atoms with E-state index in [1.807, 2.05) is 36.6 Å². The Labute approximate surface area is 196 Å². The van der Waals surface area contributed by atoms with E-state index in [0.29, 0.717) is 31.3 Å². The van der Waals surface area contributed by atoms with Crippen LogP contribution in [-0.4, -0.2) is 68.5 Å². The molecule has 4 heterocycles. The predicted octanol–water partition coefficient (Wildman–Crippen LogP) is 2.28. The molecule has 34 heavy (non-hydrogen) atoms. The summed E-state index contributed by atoms with van der Waals surface area (Å²) in [6.45, 7) is 5.29. The van der Waals surface area contributed by atoms with Crippen molar-refractivity contribution in [3.05, 3.63) is 53.6 Å². The third-order valence-electron chi connectivity index (χ3n) is 5.27. The number of hydrogen-bond donors (Lipinski definition) is 1. The molecule has 0 spiro atoms. The zero-order valence-electron chi connectivity index (χ0n) is 19.6. The first-order valence-electron chi connectivity index (χ1n) is 11.0. The second-order valence-corrected chi connectivity index (χ2v) is 8.42. The highest BCUT2D eigenvalue weighted by Gasteiger charge is 2.26. The molecular weight excluding hydrogens is 446 g/mol. The highest BCUT2D eigenvalue weighted by atomic mass is 19.1. The van der Waals surface area contributed by atoms with Crippen molar-refractivity contribution in [2.24, 2.45) is 7.05 Å². The van der Waals surface area contributed by atoms with E-state index < -0.39 is 17.7 Å². The lowest BCUT2D eigenvalue weighted by atomic mass is 10.2. The van der Waals surface area contributed by atoms with Gasteiger partial charge in [0.1, 0.15) is 23.2 Å². The van der Waals surface area contributed by atoms with Gasteiger partial charge in [-0.2, -0.15) is 15.0 Å². The molecular formula is C22H28F2N8O2. The minimum atomic E-state index is -0.784. The van der Waals surface area contributed by atoms with Crippen LogP contribution in [0.4, 0.5) is 20.7 Å². The van der Waals surface area contributed by atoms with Gasteiger partial charge in [-0.05, 0) is 13.8 Å². The number of rotatable bonds is 8. The molecule has 1 saturated heterocycles. The number of hydrogen-bond acceptors (Lipinski definition) is 9. The molecule has 0 radical (unpaired) electrons. The number of pyridine rings is 1. The molecule has 0 unspecified atom stereocenters. The summed E-state index contributed by atoms with van der Waals surface area (Å²) in [5.74, 6) is -0.326. The summed E-state index contributed by atoms with van der Waals surface area (Å²) in [5.41, 5.74) is 0.805. The number of aromatic nitrogens is 6. The molecule has 0 saturated carbocycles. The van der Waals surface area contributed by atoms with Crippen LogP contribution in [-0.2, 0) is 22.9 Å². The summed E-state index contributed by atoms with van der Waals surface area (Å²) >= 11 is 0. The molecule has 182 valence electrons. The summed E-state index contributed by atoms with van der Waals surface area (Å²) in [4.78, 5) is 24.1. The fourth-order valence-electron chi connectivity index (χ4n) is 3.95. The Morgan fingerprint density at radius 1 is 1.18 bits per heavy atom. The van der Waals surface area contributed by atoms with Gasteiger partial charge in [0, 0.05) is 39.5 Å². The summed E-state index contributed by atoms with van der Waals surface area (Å²) in [5, 5.41) is 3.09. The molecule has 4 rings (SSSR count). The molecule has 1 aliphatic rings. The lowest BCUT2D eigenvalue weighted by Crippen LogP contribution is -2.46. The fraction of sp³-hybridized carbons (Fsp3) is 0.500. The highest BCUT2D eigenvalue weighted by Crippen LogP contribution is 2.23. The van der Waals surface area contributed by atoms with Crippen molar-refractivity contribution in [1.82, 2.24) is 29.5 Å². The molecule has 1 N–H and O–H groups in total. The molecule has 3 atom stereocenters. The van der Waals surface area contributed by atoms with Gasteiger partial charge in [0.25, 0.3) is 0 Å². The summed E-state index contributed by atoms with van der Waals surface area (Å²) in [6, 6.07) is 0.0419. The standard InChI is InChI=1S/C22H28F2N8O2/c1-13-8-32(9-14(2)34-13)22-29-19(6-16-10-31(3)12-26-16)28-21(30-22)27-18(11-33-4)20-17(24)5-15(23)7-25-20/h5,7,10,12-14,18H,6,8-9,11H2,1-4H3,(H,27,28,29,30)/t13-,14+,18-/m0/s1. The number of nitrogens with zero attached hydrogens (tertiary/aromatic N) is 7. The Balaban J connectivity index is 1.68. The number of aryl methyl sites for hydroxylation is 1. The van der Waals surface area contributed by atoms with Gasteiger partial charge < -0.3 is 24.3 Å². The second-order valence-electron chi connectivity index (χ2n) is 8.42. The first kappa shape index (κ1) is 23.9. The second kappa shape index (κ2) is 10.3. The van der Waals surface area contributed by atoms with Crippen molar-refractivity contribution >= 4 is 11.9 Å². The molecule has 1 aliphatic heterocycles. The number of ether oxygens (including phenoxy) is 2. The Hall–Kier alpha value is -3.25. The monoisotopic (exact) mass is 474 g/mol. The molecule has 10 nitrogen and oxygen atoms in total. The molecule has 3 aromatic rings. The van der Waals surface area contributed by atoms with Crippen LogP contribution < -0.4 is 10.2 Å². The maximum absolute atomic E-state index is 14.5. The molecule has 3 aromatic heterocycles. The highest BCUT2D eigenvalue weighted by molar-refractivity contribution is 5.40. The van der Waals surface area contributed by atoms with Crippen molar-refractivity contribution in [3.63, 3.8) is 0 Å². The Bertz CT molecular complexity index is 1120. The van der Waals surface area contributed by atoms with Crippen molar-refractivity contribution < 1.29 is 18.3 Å². The van der Waals surface area contributed by atoms with E-state index in [4.69, 9.17) is 9.47 Å². The van der Waals surface area contributed by atoms with Crippen LogP contribution in [0, 0.1) is 11.6 Å². The number of morpholine rings is 1. The van der Waals surface area contributed by atoms with E-state index in [1.54, 1.807) is 6.33 Å². The lowest BCUT2D eigenvalue weighted by Gasteiger charge is -2.35. The fourth-order valence-corrected chi connectivity index (χ4v) is 3.95. The topological polar surface area (TPSA) is 103 Å². The molecule has 0 amide bonds. The quantitative estimate of drug-likeness (QED) is 0.527. The predicted molar refractivity (Wildman–Crippen MR) is 120 cm³/mol. The molecule has 0 bridgehead atoms. The van der Waals surface area contributed by atoms with Gasteiger partial charge in [0.2, 0.25) is 11.9 Å². The summed E-state index contributed by atoms with van der Waals surface area (Å²) in [7, 11) is 3.37. The van der Waals surface area contributed by atoms with Gasteiger partial charge >= 0.3 is 0 Å².